The minimum atomic E-state index is 0.294. The molecular formula is C23H33ClO2. The van der Waals surface area contributed by atoms with Gasteiger partial charge >= 0.3 is 0 Å². The number of ether oxygens (including phenoxy) is 2. The fourth-order valence-electron chi connectivity index (χ4n) is 3.14. The highest BCUT2D eigenvalue weighted by Crippen LogP contribution is 2.36. The SMILES string of the molecule is CCCCCOc1c(C)cc(OCCCCC(Cl)CC)c2ccccc12. The van der Waals surface area contributed by atoms with Crippen molar-refractivity contribution in [3.8, 4) is 11.5 Å². The highest BCUT2D eigenvalue weighted by molar-refractivity contribution is 6.20. The van der Waals surface area contributed by atoms with E-state index in [1.807, 2.05) is 0 Å². The van der Waals surface area contributed by atoms with Gasteiger partial charge in [-0.3, -0.25) is 0 Å². The summed E-state index contributed by atoms with van der Waals surface area (Å²) in [6.45, 7) is 7.95. The lowest BCUT2D eigenvalue weighted by Crippen LogP contribution is -2.03. The summed E-state index contributed by atoms with van der Waals surface area (Å²) in [5.41, 5.74) is 1.14. The summed E-state index contributed by atoms with van der Waals surface area (Å²) in [5, 5.41) is 2.57. The Balaban J connectivity index is 2.04. The second kappa shape index (κ2) is 11.3. The average molecular weight is 377 g/mol. The first-order valence-corrected chi connectivity index (χ1v) is 10.5. The molecule has 0 heterocycles. The lowest BCUT2D eigenvalue weighted by atomic mass is 10.0. The third-order valence-corrected chi connectivity index (χ3v) is 5.28. The van der Waals surface area contributed by atoms with Crippen LogP contribution in [0.2, 0.25) is 0 Å². The maximum atomic E-state index is 6.18. The van der Waals surface area contributed by atoms with Gasteiger partial charge in [-0.15, -0.1) is 11.6 Å². The Morgan fingerprint density at radius 2 is 1.62 bits per heavy atom. The average Bonchev–Trinajstić information content (AvgIpc) is 2.66. The molecule has 2 nitrogen and oxygen atoms in total. The smallest absolute Gasteiger partial charge is 0.130 e. The van der Waals surface area contributed by atoms with Gasteiger partial charge in [0.25, 0.3) is 0 Å². The first kappa shape index (κ1) is 20.9. The van der Waals surface area contributed by atoms with Crippen molar-refractivity contribution in [3.63, 3.8) is 0 Å². The predicted octanol–water partition coefficient (Wildman–Crippen LogP) is 7.28. The van der Waals surface area contributed by atoms with Crippen molar-refractivity contribution >= 4 is 22.4 Å². The van der Waals surface area contributed by atoms with E-state index in [0.29, 0.717) is 5.38 Å². The normalized spacial score (nSPS) is 12.3. The second-order valence-electron chi connectivity index (χ2n) is 6.97. The first-order chi connectivity index (χ1) is 12.7. The number of fused-ring (bicyclic) bond motifs is 1. The fraction of sp³-hybridized carbons (Fsp3) is 0.565. The van der Waals surface area contributed by atoms with Crippen molar-refractivity contribution in [1.82, 2.24) is 0 Å². The fourth-order valence-corrected chi connectivity index (χ4v) is 3.29. The number of rotatable bonds is 12. The van der Waals surface area contributed by atoms with Crippen LogP contribution in [0, 0.1) is 6.92 Å². The highest BCUT2D eigenvalue weighted by Gasteiger charge is 2.12. The number of unbranched alkanes of at least 4 members (excludes halogenated alkanes) is 3. The van der Waals surface area contributed by atoms with Crippen molar-refractivity contribution in [3.05, 3.63) is 35.9 Å². The van der Waals surface area contributed by atoms with Crippen molar-refractivity contribution < 1.29 is 9.47 Å². The standard InChI is InChI=1S/C23H33ClO2/c1-4-6-10-16-26-23-18(3)17-22(20-13-7-8-14-21(20)23)25-15-11-9-12-19(24)5-2/h7-8,13-14,17,19H,4-6,9-12,15-16H2,1-3H3. The largest absolute Gasteiger partial charge is 0.493 e. The van der Waals surface area contributed by atoms with Crippen molar-refractivity contribution in [2.45, 2.75) is 71.1 Å². The molecule has 0 N–H and O–H groups in total. The molecule has 2 aromatic carbocycles. The minimum Gasteiger partial charge on any atom is -0.493 e. The van der Waals surface area contributed by atoms with Crippen LogP contribution in [0.5, 0.6) is 11.5 Å². The summed E-state index contributed by atoms with van der Waals surface area (Å²) >= 11 is 6.18. The van der Waals surface area contributed by atoms with Gasteiger partial charge < -0.3 is 9.47 Å². The molecule has 3 heteroatoms. The molecule has 0 amide bonds. The van der Waals surface area contributed by atoms with E-state index in [1.165, 1.54) is 12.8 Å². The van der Waals surface area contributed by atoms with Crippen LogP contribution in [-0.2, 0) is 0 Å². The molecule has 0 fully saturated rings. The molecule has 144 valence electrons. The monoisotopic (exact) mass is 376 g/mol. The zero-order valence-corrected chi connectivity index (χ0v) is 17.3. The summed E-state index contributed by atoms with van der Waals surface area (Å²) in [7, 11) is 0. The van der Waals surface area contributed by atoms with Crippen LogP contribution in [-0.4, -0.2) is 18.6 Å². The van der Waals surface area contributed by atoms with Gasteiger partial charge in [0, 0.05) is 16.1 Å². The number of benzene rings is 2. The van der Waals surface area contributed by atoms with E-state index in [1.54, 1.807) is 0 Å². The summed E-state index contributed by atoms with van der Waals surface area (Å²) in [5.74, 6) is 1.95. The molecule has 0 aromatic heterocycles. The third kappa shape index (κ3) is 6.09. The summed E-state index contributed by atoms with van der Waals surface area (Å²) in [4.78, 5) is 0. The van der Waals surface area contributed by atoms with Gasteiger partial charge in [0.1, 0.15) is 11.5 Å². The maximum absolute atomic E-state index is 6.18. The van der Waals surface area contributed by atoms with E-state index in [9.17, 15) is 0 Å². The van der Waals surface area contributed by atoms with Gasteiger partial charge in [-0.2, -0.15) is 0 Å². The van der Waals surface area contributed by atoms with Crippen LogP contribution >= 0.6 is 11.6 Å². The Bertz CT molecular complexity index is 669. The lowest BCUT2D eigenvalue weighted by Gasteiger charge is -2.16. The van der Waals surface area contributed by atoms with Crippen LogP contribution < -0.4 is 9.47 Å². The van der Waals surface area contributed by atoms with E-state index in [2.05, 4.69) is 51.1 Å². The molecule has 1 atom stereocenters. The molecule has 0 saturated heterocycles. The molecule has 0 spiro atoms. The van der Waals surface area contributed by atoms with Crippen LogP contribution in [0.1, 0.15) is 64.4 Å². The molecule has 1 unspecified atom stereocenters. The maximum Gasteiger partial charge on any atom is 0.130 e. The minimum absolute atomic E-state index is 0.294. The zero-order chi connectivity index (χ0) is 18.8. The van der Waals surface area contributed by atoms with Crippen molar-refractivity contribution in [2.75, 3.05) is 13.2 Å². The molecule has 26 heavy (non-hydrogen) atoms. The molecule has 0 aliphatic rings. The molecule has 0 bridgehead atoms. The zero-order valence-electron chi connectivity index (χ0n) is 16.5. The van der Waals surface area contributed by atoms with Crippen LogP contribution in [0.25, 0.3) is 10.8 Å². The third-order valence-electron chi connectivity index (χ3n) is 4.75. The molecule has 2 aromatic rings. The first-order valence-electron chi connectivity index (χ1n) is 10.1. The summed E-state index contributed by atoms with van der Waals surface area (Å²) in [6, 6.07) is 10.5. The van der Waals surface area contributed by atoms with Gasteiger partial charge in [0.05, 0.1) is 13.2 Å². The number of aryl methyl sites for hydroxylation is 1. The van der Waals surface area contributed by atoms with Crippen LogP contribution in [0.15, 0.2) is 30.3 Å². The Morgan fingerprint density at radius 3 is 2.35 bits per heavy atom. The van der Waals surface area contributed by atoms with E-state index in [-0.39, 0.29) is 0 Å². The van der Waals surface area contributed by atoms with Gasteiger partial charge in [-0.25, -0.2) is 0 Å². The molecule has 0 radical (unpaired) electrons. The Kier molecular flexibility index (Phi) is 9.11. The molecular weight excluding hydrogens is 344 g/mol. The van der Waals surface area contributed by atoms with Crippen molar-refractivity contribution in [2.24, 2.45) is 0 Å². The second-order valence-corrected chi connectivity index (χ2v) is 7.59. The van der Waals surface area contributed by atoms with Gasteiger partial charge in [-0.1, -0.05) is 51.0 Å². The highest BCUT2D eigenvalue weighted by atomic mass is 35.5. The van der Waals surface area contributed by atoms with Gasteiger partial charge in [-0.05, 0) is 50.7 Å². The lowest BCUT2D eigenvalue weighted by molar-refractivity contribution is 0.301. The number of hydrogen-bond donors (Lipinski definition) is 0. The predicted molar refractivity (Wildman–Crippen MR) is 113 cm³/mol. The Labute approximate surface area is 163 Å². The Hall–Kier alpha value is -1.41. The number of alkyl halides is 1. The molecule has 2 rings (SSSR count). The van der Waals surface area contributed by atoms with E-state index in [4.69, 9.17) is 21.1 Å². The molecule has 0 aliphatic heterocycles. The summed E-state index contributed by atoms with van der Waals surface area (Å²) < 4.78 is 12.2. The van der Waals surface area contributed by atoms with Crippen LogP contribution in [0.3, 0.4) is 0 Å². The quantitative estimate of drug-likeness (QED) is 0.286. The number of halogens is 1. The molecule has 0 aliphatic carbocycles. The number of hydrogen-bond acceptors (Lipinski definition) is 2. The van der Waals surface area contributed by atoms with Gasteiger partial charge in [0.15, 0.2) is 0 Å². The van der Waals surface area contributed by atoms with E-state index >= 15 is 0 Å². The van der Waals surface area contributed by atoms with Gasteiger partial charge in [0.2, 0.25) is 0 Å². The van der Waals surface area contributed by atoms with Crippen LogP contribution in [0.4, 0.5) is 0 Å². The Morgan fingerprint density at radius 1 is 0.923 bits per heavy atom. The molecule has 0 saturated carbocycles. The van der Waals surface area contributed by atoms with E-state index in [0.717, 1.165) is 73.2 Å². The topological polar surface area (TPSA) is 18.5 Å². The van der Waals surface area contributed by atoms with Crippen molar-refractivity contribution in [1.29, 1.82) is 0 Å². The summed E-state index contributed by atoms with van der Waals surface area (Å²) in [6.07, 6.45) is 7.75. The van der Waals surface area contributed by atoms with E-state index < -0.39 is 0 Å².